The van der Waals surface area contributed by atoms with E-state index >= 15 is 0 Å². The van der Waals surface area contributed by atoms with Gasteiger partial charge in [0.15, 0.2) is 6.10 Å². The van der Waals surface area contributed by atoms with Crippen LogP contribution in [0.5, 0.6) is 0 Å². The normalized spacial score (nSPS) is 11.9. The number of sulfonamides is 1. The Morgan fingerprint density at radius 3 is 2.26 bits per heavy atom. The van der Waals surface area contributed by atoms with E-state index in [-0.39, 0.29) is 10.8 Å². The van der Waals surface area contributed by atoms with Gasteiger partial charge >= 0.3 is 5.97 Å². The Bertz CT molecular complexity index is 1180. The lowest BCUT2D eigenvalue weighted by Gasteiger charge is -2.14. The fourth-order valence-corrected chi connectivity index (χ4v) is 3.53. The number of carbonyl (C=O) groups is 2. The van der Waals surface area contributed by atoms with E-state index in [4.69, 9.17) is 4.74 Å². The standard InChI is InChI=1S/C21H20N4O5S/c1-14-6-3-4-7-18(14)20(27)30-15(2)19(26)24-16-8-10-17(11-9-16)31(28,29)25-21-22-12-5-13-23-21/h3-13,15H,1-2H3,(H,24,26)(H,22,23,25). The average Bonchev–Trinajstić information content (AvgIpc) is 2.74. The largest absolute Gasteiger partial charge is 0.449 e. The van der Waals surface area contributed by atoms with Crippen molar-refractivity contribution in [1.82, 2.24) is 9.97 Å². The van der Waals surface area contributed by atoms with E-state index in [0.717, 1.165) is 5.56 Å². The highest BCUT2D eigenvalue weighted by atomic mass is 32.2. The Kier molecular flexibility index (Phi) is 6.61. The van der Waals surface area contributed by atoms with Crippen LogP contribution in [0.1, 0.15) is 22.8 Å². The van der Waals surface area contributed by atoms with E-state index in [1.807, 2.05) is 0 Å². The molecule has 0 spiro atoms. The van der Waals surface area contributed by atoms with Crippen LogP contribution in [-0.4, -0.2) is 36.4 Å². The number of aryl methyl sites for hydroxylation is 1. The SMILES string of the molecule is Cc1ccccc1C(=O)OC(C)C(=O)Nc1ccc(S(=O)(=O)Nc2ncccn2)cc1. The zero-order chi connectivity index (χ0) is 22.4. The monoisotopic (exact) mass is 440 g/mol. The highest BCUT2D eigenvalue weighted by molar-refractivity contribution is 7.92. The van der Waals surface area contributed by atoms with Crippen molar-refractivity contribution in [2.75, 3.05) is 10.0 Å². The van der Waals surface area contributed by atoms with Crippen molar-refractivity contribution in [3.63, 3.8) is 0 Å². The Labute approximate surface area is 179 Å². The zero-order valence-corrected chi connectivity index (χ0v) is 17.6. The molecule has 1 aromatic heterocycles. The lowest BCUT2D eigenvalue weighted by Crippen LogP contribution is -2.30. The van der Waals surface area contributed by atoms with Crippen LogP contribution < -0.4 is 10.0 Å². The number of ether oxygens (including phenoxy) is 1. The van der Waals surface area contributed by atoms with Gasteiger partial charge in [0.2, 0.25) is 5.95 Å². The van der Waals surface area contributed by atoms with E-state index in [9.17, 15) is 18.0 Å². The summed E-state index contributed by atoms with van der Waals surface area (Å²) in [6, 6.07) is 14.0. The summed E-state index contributed by atoms with van der Waals surface area (Å²) in [5.74, 6) is -1.20. The molecule has 10 heteroatoms. The summed E-state index contributed by atoms with van der Waals surface area (Å²) in [4.78, 5) is 32.2. The quantitative estimate of drug-likeness (QED) is 0.541. The summed E-state index contributed by atoms with van der Waals surface area (Å²) in [5.41, 5.74) is 1.47. The third kappa shape index (κ3) is 5.64. The summed E-state index contributed by atoms with van der Waals surface area (Å²) < 4.78 is 32.3. The van der Waals surface area contributed by atoms with E-state index in [0.29, 0.717) is 11.3 Å². The number of esters is 1. The molecule has 1 amide bonds. The minimum atomic E-state index is -3.88. The molecule has 0 aliphatic rings. The third-order valence-electron chi connectivity index (χ3n) is 4.24. The van der Waals surface area contributed by atoms with E-state index in [2.05, 4.69) is 20.0 Å². The Balaban J connectivity index is 1.62. The molecular formula is C21H20N4O5S. The van der Waals surface area contributed by atoms with E-state index in [1.54, 1.807) is 37.3 Å². The Morgan fingerprint density at radius 2 is 1.61 bits per heavy atom. The molecule has 0 aliphatic heterocycles. The fraction of sp³-hybridized carbons (Fsp3) is 0.143. The van der Waals surface area contributed by atoms with Crippen molar-refractivity contribution >= 4 is 33.5 Å². The molecule has 2 aromatic carbocycles. The molecule has 2 N–H and O–H groups in total. The van der Waals surface area contributed by atoms with Crippen LogP contribution in [0.2, 0.25) is 0 Å². The maximum absolute atomic E-state index is 12.4. The molecule has 3 rings (SSSR count). The maximum Gasteiger partial charge on any atom is 0.339 e. The van der Waals surface area contributed by atoms with Crippen molar-refractivity contribution in [2.24, 2.45) is 0 Å². The van der Waals surface area contributed by atoms with Gasteiger partial charge in [0.1, 0.15) is 0 Å². The van der Waals surface area contributed by atoms with Crippen molar-refractivity contribution < 1.29 is 22.7 Å². The number of hydrogen-bond donors (Lipinski definition) is 2. The molecule has 9 nitrogen and oxygen atoms in total. The van der Waals surface area contributed by atoms with Gasteiger partial charge in [-0.2, -0.15) is 0 Å². The van der Waals surface area contributed by atoms with Crippen LogP contribution in [0.25, 0.3) is 0 Å². The second-order valence-corrected chi connectivity index (χ2v) is 8.24. The second kappa shape index (κ2) is 9.35. The van der Waals surface area contributed by atoms with Gasteiger partial charge in [-0.15, -0.1) is 0 Å². The minimum absolute atomic E-state index is 0.0306. The van der Waals surface area contributed by atoms with Crippen molar-refractivity contribution in [2.45, 2.75) is 24.8 Å². The van der Waals surface area contributed by atoms with E-state index < -0.39 is 28.0 Å². The average molecular weight is 440 g/mol. The molecule has 1 atom stereocenters. The second-order valence-electron chi connectivity index (χ2n) is 6.55. The number of nitrogens with one attached hydrogen (secondary N) is 2. The first-order valence-electron chi connectivity index (χ1n) is 9.23. The van der Waals surface area contributed by atoms with Gasteiger partial charge < -0.3 is 10.1 Å². The number of rotatable bonds is 7. The molecule has 0 aliphatic carbocycles. The predicted molar refractivity (Wildman–Crippen MR) is 114 cm³/mol. The number of carbonyl (C=O) groups excluding carboxylic acids is 2. The summed E-state index contributed by atoms with van der Waals surface area (Å²) >= 11 is 0. The molecule has 1 unspecified atom stereocenters. The van der Waals surface area contributed by atoms with Crippen LogP contribution in [0, 0.1) is 6.92 Å². The highest BCUT2D eigenvalue weighted by Crippen LogP contribution is 2.17. The molecule has 0 radical (unpaired) electrons. The van der Waals surface area contributed by atoms with Crippen LogP contribution in [-0.2, 0) is 19.6 Å². The van der Waals surface area contributed by atoms with E-state index in [1.165, 1.54) is 43.6 Å². The molecule has 3 aromatic rings. The number of aromatic nitrogens is 2. The van der Waals surface area contributed by atoms with Crippen molar-refractivity contribution in [1.29, 1.82) is 0 Å². The molecule has 1 heterocycles. The number of hydrogen-bond acceptors (Lipinski definition) is 7. The lowest BCUT2D eigenvalue weighted by atomic mass is 10.1. The van der Waals surface area contributed by atoms with Crippen molar-refractivity contribution in [3.05, 3.63) is 78.1 Å². The van der Waals surface area contributed by atoms with Gasteiger partial charge in [0, 0.05) is 18.1 Å². The van der Waals surface area contributed by atoms with Gasteiger partial charge in [-0.1, -0.05) is 18.2 Å². The number of anilines is 2. The molecule has 0 saturated carbocycles. The predicted octanol–water partition coefficient (Wildman–Crippen LogP) is 2.77. The number of amides is 1. The van der Waals surface area contributed by atoms with Gasteiger partial charge in [0.25, 0.3) is 15.9 Å². The van der Waals surface area contributed by atoms with Gasteiger partial charge in [-0.05, 0) is 55.8 Å². The molecule has 0 bridgehead atoms. The molecular weight excluding hydrogens is 420 g/mol. The third-order valence-corrected chi connectivity index (χ3v) is 5.59. The highest BCUT2D eigenvalue weighted by Gasteiger charge is 2.21. The van der Waals surface area contributed by atoms with Gasteiger partial charge in [-0.25, -0.2) is 27.9 Å². The minimum Gasteiger partial charge on any atom is -0.449 e. The van der Waals surface area contributed by atoms with Crippen LogP contribution >= 0.6 is 0 Å². The molecule has 31 heavy (non-hydrogen) atoms. The van der Waals surface area contributed by atoms with Gasteiger partial charge in [-0.3, -0.25) is 4.79 Å². The summed E-state index contributed by atoms with van der Waals surface area (Å²) in [5, 5.41) is 2.59. The van der Waals surface area contributed by atoms with Crippen LogP contribution in [0.4, 0.5) is 11.6 Å². The number of nitrogens with zero attached hydrogens (tertiary/aromatic N) is 2. The number of benzene rings is 2. The molecule has 160 valence electrons. The molecule has 0 fully saturated rings. The van der Waals surface area contributed by atoms with Crippen LogP contribution in [0.15, 0.2) is 71.9 Å². The Hall–Kier alpha value is -3.79. The first-order valence-corrected chi connectivity index (χ1v) is 10.7. The zero-order valence-electron chi connectivity index (χ0n) is 16.8. The Morgan fingerprint density at radius 1 is 0.968 bits per heavy atom. The topological polar surface area (TPSA) is 127 Å². The summed E-state index contributed by atoms with van der Waals surface area (Å²) in [6.07, 6.45) is 1.78. The smallest absolute Gasteiger partial charge is 0.339 e. The fourth-order valence-electron chi connectivity index (χ4n) is 2.57. The summed E-state index contributed by atoms with van der Waals surface area (Å²) in [6.45, 7) is 3.23. The first-order chi connectivity index (χ1) is 14.8. The summed E-state index contributed by atoms with van der Waals surface area (Å²) in [7, 11) is -3.88. The van der Waals surface area contributed by atoms with Crippen molar-refractivity contribution in [3.8, 4) is 0 Å². The first kappa shape index (κ1) is 21.9. The van der Waals surface area contributed by atoms with Gasteiger partial charge in [0.05, 0.1) is 10.5 Å². The molecule has 0 saturated heterocycles. The lowest BCUT2D eigenvalue weighted by molar-refractivity contribution is -0.123. The maximum atomic E-state index is 12.4. The van der Waals surface area contributed by atoms with Crippen LogP contribution in [0.3, 0.4) is 0 Å².